The summed E-state index contributed by atoms with van der Waals surface area (Å²) in [7, 11) is 0. The van der Waals surface area contributed by atoms with Gasteiger partial charge in [-0.2, -0.15) is 0 Å². The Balaban J connectivity index is 1.79. The van der Waals surface area contributed by atoms with Crippen molar-refractivity contribution >= 4 is 5.91 Å². The van der Waals surface area contributed by atoms with Crippen LogP contribution >= 0.6 is 0 Å². The molecule has 0 spiro atoms. The Morgan fingerprint density at radius 3 is 2.65 bits per heavy atom. The number of carbonyl (C=O) groups is 1. The van der Waals surface area contributed by atoms with Crippen LogP contribution in [0, 0.1) is 0 Å². The van der Waals surface area contributed by atoms with Gasteiger partial charge in [-0.15, -0.1) is 0 Å². The first-order chi connectivity index (χ1) is 11.0. The minimum Gasteiger partial charge on any atom is -0.494 e. The predicted octanol–water partition coefficient (Wildman–Crippen LogP) is 2.33. The number of rotatable bonds is 8. The fourth-order valence-corrected chi connectivity index (χ4v) is 2.26. The molecular weight excluding hydrogens is 294 g/mol. The van der Waals surface area contributed by atoms with Crippen LogP contribution in [0.4, 0.5) is 0 Å². The zero-order valence-electron chi connectivity index (χ0n) is 13.5. The van der Waals surface area contributed by atoms with Crippen LogP contribution in [0.2, 0.25) is 0 Å². The van der Waals surface area contributed by atoms with Crippen molar-refractivity contribution in [2.24, 2.45) is 0 Å². The van der Waals surface area contributed by atoms with Crippen LogP contribution in [0.15, 0.2) is 47.1 Å². The maximum absolute atomic E-state index is 12.0. The summed E-state index contributed by atoms with van der Waals surface area (Å²) in [5, 5.41) is 13.1. The smallest absolute Gasteiger partial charge is 0.224 e. The third-order valence-corrected chi connectivity index (χ3v) is 3.40. The second-order valence-electron chi connectivity index (χ2n) is 5.78. The highest BCUT2D eigenvalue weighted by Crippen LogP contribution is 2.14. The topological polar surface area (TPSA) is 71.7 Å². The molecule has 0 saturated carbocycles. The highest BCUT2D eigenvalue weighted by Gasteiger charge is 2.23. The first kappa shape index (κ1) is 17.1. The van der Waals surface area contributed by atoms with E-state index in [1.165, 1.54) is 0 Å². The number of aliphatic hydroxyl groups is 1. The highest BCUT2D eigenvalue weighted by molar-refractivity contribution is 5.78. The minimum atomic E-state index is -1.05. The summed E-state index contributed by atoms with van der Waals surface area (Å²) in [6, 6.07) is 11.0. The lowest BCUT2D eigenvalue weighted by atomic mass is 10.0. The lowest BCUT2D eigenvalue weighted by Gasteiger charge is -2.22. The van der Waals surface area contributed by atoms with Crippen molar-refractivity contribution in [1.29, 1.82) is 0 Å². The molecule has 5 nitrogen and oxygen atoms in total. The van der Waals surface area contributed by atoms with Crippen LogP contribution < -0.4 is 10.1 Å². The second-order valence-corrected chi connectivity index (χ2v) is 5.78. The van der Waals surface area contributed by atoms with Crippen LogP contribution in [-0.4, -0.2) is 29.8 Å². The number of hydrogen-bond donors (Lipinski definition) is 2. The first-order valence-corrected chi connectivity index (χ1v) is 7.72. The lowest BCUT2D eigenvalue weighted by Crippen LogP contribution is -2.42. The molecule has 1 heterocycles. The molecule has 0 bridgehead atoms. The molecule has 5 heteroatoms. The summed E-state index contributed by atoms with van der Waals surface area (Å²) in [5.74, 6) is 1.35. The van der Waals surface area contributed by atoms with E-state index in [2.05, 4.69) is 5.32 Å². The number of ether oxygens (including phenoxy) is 1. The number of nitrogens with one attached hydrogen (secondary N) is 1. The minimum absolute atomic E-state index is 0.131. The van der Waals surface area contributed by atoms with Gasteiger partial charge in [0, 0.05) is 13.0 Å². The van der Waals surface area contributed by atoms with E-state index in [4.69, 9.17) is 9.15 Å². The molecule has 0 aliphatic rings. The third-order valence-electron chi connectivity index (χ3n) is 3.40. The number of benzene rings is 1. The molecule has 0 aliphatic heterocycles. The molecule has 23 heavy (non-hydrogen) atoms. The number of furan rings is 1. The predicted molar refractivity (Wildman–Crippen MR) is 87.4 cm³/mol. The molecule has 1 atom stereocenters. The molecule has 1 unspecified atom stereocenters. The zero-order chi connectivity index (χ0) is 16.7. The van der Waals surface area contributed by atoms with E-state index >= 15 is 0 Å². The molecule has 0 saturated heterocycles. The van der Waals surface area contributed by atoms with Gasteiger partial charge >= 0.3 is 0 Å². The molecular formula is C18H23NO4. The molecule has 124 valence electrons. The zero-order valence-corrected chi connectivity index (χ0v) is 13.5. The van der Waals surface area contributed by atoms with Gasteiger partial charge in [-0.3, -0.25) is 4.79 Å². The molecule has 1 aromatic carbocycles. The molecule has 0 radical (unpaired) electrons. The Bertz CT molecular complexity index is 602. The molecule has 0 fully saturated rings. The molecule has 1 aromatic heterocycles. The van der Waals surface area contributed by atoms with E-state index in [-0.39, 0.29) is 18.9 Å². The molecule has 2 N–H and O–H groups in total. The van der Waals surface area contributed by atoms with Crippen LogP contribution in [0.25, 0.3) is 0 Å². The maximum Gasteiger partial charge on any atom is 0.224 e. The average Bonchev–Trinajstić information content (AvgIpc) is 3.00. The van der Waals surface area contributed by atoms with E-state index in [1.807, 2.05) is 31.2 Å². The van der Waals surface area contributed by atoms with Crippen molar-refractivity contribution < 1.29 is 19.1 Å². The van der Waals surface area contributed by atoms with Crippen molar-refractivity contribution in [1.82, 2.24) is 5.32 Å². The van der Waals surface area contributed by atoms with E-state index in [0.717, 1.165) is 11.3 Å². The van der Waals surface area contributed by atoms with E-state index in [0.29, 0.717) is 18.8 Å². The van der Waals surface area contributed by atoms with Gasteiger partial charge in [0.15, 0.2) is 0 Å². The monoisotopic (exact) mass is 317 g/mol. The van der Waals surface area contributed by atoms with Gasteiger partial charge in [0.2, 0.25) is 5.91 Å². The van der Waals surface area contributed by atoms with Gasteiger partial charge in [-0.1, -0.05) is 12.1 Å². The van der Waals surface area contributed by atoms with Gasteiger partial charge in [0.25, 0.3) is 0 Å². The van der Waals surface area contributed by atoms with Crippen molar-refractivity contribution in [3.05, 3.63) is 54.0 Å². The van der Waals surface area contributed by atoms with E-state index < -0.39 is 5.60 Å². The fourth-order valence-electron chi connectivity index (χ4n) is 2.26. The summed E-state index contributed by atoms with van der Waals surface area (Å²) in [6.45, 7) is 4.39. The lowest BCUT2D eigenvalue weighted by molar-refractivity contribution is -0.121. The highest BCUT2D eigenvalue weighted by atomic mass is 16.5. The van der Waals surface area contributed by atoms with Crippen molar-refractivity contribution in [3.63, 3.8) is 0 Å². The number of hydrogen-bond acceptors (Lipinski definition) is 4. The Morgan fingerprint density at radius 1 is 1.30 bits per heavy atom. The van der Waals surface area contributed by atoms with E-state index in [9.17, 15) is 9.90 Å². The van der Waals surface area contributed by atoms with Crippen LogP contribution in [0.3, 0.4) is 0 Å². The van der Waals surface area contributed by atoms with Crippen LogP contribution in [0.1, 0.15) is 25.2 Å². The molecule has 1 amide bonds. The average molecular weight is 317 g/mol. The Morgan fingerprint density at radius 2 is 2.04 bits per heavy atom. The van der Waals surface area contributed by atoms with Gasteiger partial charge in [-0.25, -0.2) is 0 Å². The van der Waals surface area contributed by atoms with Gasteiger partial charge in [-0.05, 0) is 43.7 Å². The summed E-state index contributed by atoms with van der Waals surface area (Å²) >= 11 is 0. The fraction of sp³-hybridized carbons (Fsp3) is 0.389. The third kappa shape index (κ3) is 5.79. The van der Waals surface area contributed by atoms with Gasteiger partial charge in [0.05, 0.1) is 24.9 Å². The summed E-state index contributed by atoms with van der Waals surface area (Å²) in [4.78, 5) is 12.0. The summed E-state index contributed by atoms with van der Waals surface area (Å²) in [6.07, 6.45) is 2.18. The Kier molecular flexibility index (Phi) is 5.82. The van der Waals surface area contributed by atoms with Crippen molar-refractivity contribution in [2.75, 3.05) is 13.2 Å². The Labute approximate surface area is 136 Å². The maximum atomic E-state index is 12.0. The summed E-state index contributed by atoms with van der Waals surface area (Å²) < 4.78 is 10.6. The number of amides is 1. The second kappa shape index (κ2) is 7.83. The van der Waals surface area contributed by atoms with Crippen LogP contribution in [-0.2, 0) is 17.6 Å². The summed E-state index contributed by atoms with van der Waals surface area (Å²) in [5.41, 5.74) is -0.150. The Hall–Kier alpha value is -2.27. The van der Waals surface area contributed by atoms with Crippen LogP contribution in [0.5, 0.6) is 5.75 Å². The van der Waals surface area contributed by atoms with Gasteiger partial charge in [0.1, 0.15) is 11.5 Å². The first-order valence-electron chi connectivity index (χ1n) is 7.72. The van der Waals surface area contributed by atoms with Gasteiger partial charge < -0.3 is 19.6 Å². The van der Waals surface area contributed by atoms with E-state index in [1.54, 1.807) is 25.3 Å². The largest absolute Gasteiger partial charge is 0.494 e. The standard InChI is InChI=1S/C18H23NO4/c1-3-22-15-8-6-14(7-9-15)11-17(20)19-13-18(2,21)12-16-5-4-10-23-16/h4-10,21H,3,11-13H2,1-2H3,(H,19,20). The number of carbonyl (C=O) groups excluding carboxylic acids is 1. The SMILES string of the molecule is CCOc1ccc(CC(=O)NCC(C)(O)Cc2ccco2)cc1. The molecule has 2 aromatic rings. The van der Waals surface area contributed by atoms with Crippen molar-refractivity contribution in [3.8, 4) is 5.75 Å². The molecule has 0 aliphatic carbocycles. The molecule has 2 rings (SSSR count). The quantitative estimate of drug-likeness (QED) is 0.784. The normalized spacial score (nSPS) is 13.3. The van der Waals surface area contributed by atoms with Crippen molar-refractivity contribution in [2.45, 2.75) is 32.3 Å².